The van der Waals surface area contributed by atoms with Gasteiger partial charge in [0.05, 0.1) is 23.8 Å². The van der Waals surface area contributed by atoms with Crippen molar-refractivity contribution in [3.05, 3.63) is 53.2 Å². The zero-order valence-electron chi connectivity index (χ0n) is 12.7. The average Bonchev–Trinajstić information content (AvgIpc) is 3.19. The molecule has 0 radical (unpaired) electrons. The summed E-state index contributed by atoms with van der Waals surface area (Å²) in [6.07, 6.45) is 3.24. The molecular weight excluding hydrogens is 308 g/mol. The van der Waals surface area contributed by atoms with Crippen molar-refractivity contribution >= 4 is 22.1 Å². The third-order valence-corrected chi connectivity index (χ3v) is 4.27. The molecule has 0 saturated heterocycles. The van der Waals surface area contributed by atoms with Gasteiger partial charge >= 0.3 is 5.69 Å². The smallest absolute Gasteiger partial charge is 0.326 e. The van der Waals surface area contributed by atoms with Gasteiger partial charge in [-0.2, -0.15) is 0 Å². The van der Waals surface area contributed by atoms with E-state index in [-0.39, 0.29) is 11.8 Å². The van der Waals surface area contributed by atoms with Gasteiger partial charge in [0.2, 0.25) is 0 Å². The molecule has 0 aliphatic carbocycles. The van der Waals surface area contributed by atoms with Crippen molar-refractivity contribution in [2.75, 3.05) is 6.61 Å². The number of imidazole rings is 1. The molecule has 5 rings (SSSR count). The Balaban J connectivity index is 1.57. The van der Waals surface area contributed by atoms with Gasteiger partial charge in [0.1, 0.15) is 12.3 Å². The first-order valence-electron chi connectivity index (χ1n) is 7.73. The maximum atomic E-state index is 12.4. The lowest BCUT2D eigenvalue weighted by atomic mass is 10.2. The lowest BCUT2D eigenvalue weighted by Crippen LogP contribution is -2.35. The number of hydrogen-bond acceptors (Lipinski definition) is 4. The van der Waals surface area contributed by atoms with Crippen LogP contribution in [0, 0.1) is 0 Å². The lowest BCUT2D eigenvalue weighted by molar-refractivity contribution is 0.0787. The van der Waals surface area contributed by atoms with Gasteiger partial charge < -0.3 is 19.4 Å². The van der Waals surface area contributed by atoms with Crippen LogP contribution in [0.5, 0.6) is 11.5 Å². The molecule has 1 aliphatic heterocycles. The highest BCUT2D eigenvalue weighted by Crippen LogP contribution is 2.31. The predicted octanol–water partition coefficient (Wildman–Crippen LogP) is 2.05. The van der Waals surface area contributed by atoms with E-state index in [4.69, 9.17) is 9.47 Å². The summed E-state index contributed by atoms with van der Waals surface area (Å²) in [5, 5.41) is 0.906. The molecule has 24 heavy (non-hydrogen) atoms. The number of nitrogens with zero attached hydrogens (tertiary/aromatic N) is 2. The Morgan fingerprint density at radius 2 is 2.12 bits per heavy atom. The number of hydrogen-bond donors (Lipinski definition) is 2. The summed E-state index contributed by atoms with van der Waals surface area (Å²) >= 11 is 0. The van der Waals surface area contributed by atoms with Gasteiger partial charge in [0, 0.05) is 11.6 Å². The van der Waals surface area contributed by atoms with E-state index in [2.05, 4.69) is 15.0 Å². The van der Waals surface area contributed by atoms with E-state index in [1.165, 1.54) is 0 Å². The van der Waals surface area contributed by atoms with E-state index in [1.54, 1.807) is 10.8 Å². The minimum absolute atomic E-state index is 0.178. The van der Waals surface area contributed by atoms with E-state index in [0.29, 0.717) is 24.4 Å². The highest BCUT2D eigenvalue weighted by atomic mass is 16.6. The van der Waals surface area contributed by atoms with Gasteiger partial charge in [-0.15, -0.1) is 0 Å². The van der Waals surface area contributed by atoms with Crippen LogP contribution < -0.4 is 15.2 Å². The van der Waals surface area contributed by atoms with Gasteiger partial charge in [-0.1, -0.05) is 12.1 Å². The van der Waals surface area contributed by atoms with Crippen LogP contribution in [-0.4, -0.2) is 32.2 Å². The van der Waals surface area contributed by atoms with Crippen LogP contribution in [0.15, 0.2) is 47.5 Å². The van der Waals surface area contributed by atoms with Crippen LogP contribution in [0.4, 0.5) is 0 Å². The first kappa shape index (κ1) is 13.2. The van der Waals surface area contributed by atoms with Crippen molar-refractivity contribution in [2.45, 2.75) is 12.6 Å². The van der Waals surface area contributed by atoms with E-state index in [0.717, 1.165) is 22.3 Å². The molecule has 0 bridgehead atoms. The maximum Gasteiger partial charge on any atom is 0.326 e. The summed E-state index contributed by atoms with van der Waals surface area (Å²) in [4.78, 5) is 22.6. The molecular formula is C17H14N4O3. The van der Waals surface area contributed by atoms with E-state index < -0.39 is 0 Å². The molecule has 0 fully saturated rings. The number of rotatable bonds is 2. The van der Waals surface area contributed by atoms with Gasteiger partial charge in [0.25, 0.3) is 0 Å². The van der Waals surface area contributed by atoms with Crippen molar-refractivity contribution in [1.82, 2.24) is 19.5 Å². The SMILES string of the molecule is O=c1[nH]c2cnc3[nH]ccc3c2n1CC1COc2ccccc2O1. The van der Waals surface area contributed by atoms with Crippen LogP contribution in [0.1, 0.15) is 0 Å². The second-order valence-corrected chi connectivity index (χ2v) is 5.80. The summed E-state index contributed by atoms with van der Waals surface area (Å²) in [7, 11) is 0. The Labute approximate surface area is 135 Å². The van der Waals surface area contributed by atoms with E-state index in [9.17, 15) is 4.79 Å². The molecule has 0 saturated carbocycles. The number of aromatic amines is 2. The minimum atomic E-state index is -0.237. The lowest BCUT2D eigenvalue weighted by Gasteiger charge is -2.26. The molecule has 0 spiro atoms. The second-order valence-electron chi connectivity index (χ2n) is 5.80. The van der Waals surface area contributed by atoms with Crippen molar-refractivity contribution < 1.29 is 9.47 Å². The number of nitrogens with one attached hydrogen (secondary N) is 2. The van der Waals surface area contributed by atoms with Crippen molar-refractivity contribution in [2.24, 2.45) is 0 Å². The summed E-state index contributed by atoms with van der Waals surface area (Å²) in [6.45, 7) is 0.801. The molecule has 1 aliphatic rings. The molecule has 1 unspecified atom stereocenters. The first-order chi connectivity index (χ1) is 11.8. The Morgan fingerprint density at radius 3 is 3.04 bits per heavy atom. The molecule has 2 N–H and O–H groups in total. The maximum absolute atomic E-state index is 12.4. The summed E-state index contributed by atoms with van der Waals surface area (Å²) < 4.78 is 13.4. The zero-order valence-corrected chi connectivity index (χ0v) is 12.7. The second kappa shape index (κ2) is 4.89. The summed E-state index contributed by atoms with van der Waals surface area (Å²) in [6, 6.07) is 9.47. The fourth-order valence-electron chi connectivity index (χ4n) is 3.19. The monoisotopic (exact) mass is 322 g/mol. The average molecular weight is 322 g/mol. The third-order valence-electron chi connectivity index (χ3n) is 4.27. The van der Waals surface area contributed by atoms with Crippen molar-refractivity contribution in [1.29, 1.82) is 0 Å². The fraction of sp³-hybridized carbons (Fsp3) is 0.176. The molecule has 4 aromatic rings. The third kappa shape index (κ3) is 1.91. The van der Waals surface area contributed by atoms with Crippen molar-refractivity contribution in [3.8, 4) is 11.5 Å². The highest BCUT2D eigenvalue weighted by molar-refractivity contribution is 6.00. The number of fused-ring (bicyclic) bond motifs is 4. The fourth-order valence-corrected chi connectivity index (χ4v) is 3.19. The molecule has 1 aromatic carbocycles. The molecule has 7 nitrogen and oxygen atoms in total. The topological polar surface area (TPSA) is 84.9 Å². The zero-order chi connectivity index (χ0) is 16.1. The van der Waals surface area contributed by atoms with Crippen molar-refractivity contribution in [3.63, 3.8) is 0 Å². The molecule has 1 atom stereocenters. The largest absolute Gasteiger partial charge is 0.486 e. The molecule has 7 heteroatoms. The normalized spacial score (nSPS) is 16.8. The summed E-state index contributed by atoms with van der Waals surface area (Å²) in [5.41, 5.74) is 2.11. The number of ether oxygens (including phenoxy) is 2. The van der Waals surface area contributed by atoms with Crippen LogP contribution in [0.2, 0.25) is 0 Å². The molecule has 4 heterocycles. The van der Waals surface area contributed by atoms with Crippen LogP contribution in [0.25, 0.3) is 22.1 Å². The van der Waals surface area contributed by atoms with Crippen LogP contribution in [0.3, 0.4) is 0 Å². The first-order valence-corrected chi connectivity index (χ1v) is 7.73. The molecule has 3 aromatic heterocycles. The Kier molecular flexibility index (Phi) is 2.70. The molecule has 120 valence electrons. The number of H-pyrrole nitrogens is 2. The van der Waals surface area contributed by atoms with Gasteiger partial charge in [-0.25, -0.2) is 9.78 Å². The van der Waals surface area contributed by atoms with E-state index >= 15 is 0 Å². The van der Waals surface area contributed by atoms with Gasteiger partial charge in [-0.05, 0) is 18.2 Å². The Bertz CT molecular complexity index is 1110. The highest BCUT2D eigenvalue weighted by Gasteiger charge is 2.23. The van der Waals surface area contributed by atoms with Crippen LogP contribution >= 0.6 is 0 Å². The number of para-hydroxylation sites is 2. The van der Waals surface area contributed by atoms with E-state index in [1.807, 2.05) is 36.5 Å². The number of aromatic nitrogens is 4. The quantitative estimate of drug-likeness (QED) is 0.591. The molecule has 0 amide bonds. The standard InChI is InChI=1S/C17H14N4O3/c22-17-20-12-7-19-16-11(5-6-18-16)15(12)21(17)8-10-9-23-13-3-1-2-4-14(13)24-10/h1-7,10H,8-9H2,(H,18,19)(H,20,22). The number of benzene rings is 1. The van der Waals surface area contributed by atoms with Gasteiger partial charge in [-0.3, -0.25) is 4.57 Å². The minimum Gasteiger partial charge on any atom is -0.486 e. The Hall–Kier alpha value is -3.22. The summed E-state index contributed by atoms with van der Waals surface area (Å²) in [5.74, 6) is 1.44. The van der Waals surface area contributed by atoms with Gasteiger partial charge in [0.15, 0.2) is 17.6 Å². The Morgan fingerprint density at radius 1 is 1.25 bits per heavy atom. The number of pyridine rings is 1. The predicted molar refractivity (Wildman–Crippen MR) is 88.6 cm³/mol. The van der Waals surface area contributed by atoms with Crippen LogP contribution in [-0.2, 0) is 6.54 Å².